The van der Waals surface area contributed by atoms with E-state index in [9.17, 15) is 8.42 Å². The van der Waals surface area contributed by atoms with Crippen LogP contribution in [0.2, 0.25) is 0 Å². The molecule has 0 bridgehead atoms. The van der Waals surface area contributed by atoms with Crippen molar-refractivity contribution in [3.05, 3.63) is 65.7 Å². The number of aryl methyl sites for hydroxylation is 3. The van der Waals surface area contributed by atoms with E-state index in [0.29, 0.717) is 11.4 Å². The highest BCUT2D eigenvalue weighted by Gasteiger charge is 2.25. The zero-order valence-corrected chi connectivity index (χ0v) is 15.4. The highest BCUT2D eigenvalue weighted by atomic mass is 32.2. The van der Waals surface area contributed by atoms with Crippen LogP contribution in [0.1, 0.15) is 16.7 Å². The number of rotatable bonds is 6. The molecule has 4 nitrogen and oxygen atoms in total. The molecule has 5 heteroatoms. The molecule has 0 aromatic heterocycles. The van der Waals surface area contributed by atoms with Crippen LogP contribution < -0.4 is 9.04 Å². The molecule has 24 heavy (non-hydrogen) atoms. The van der Waals surface area contributed by atoms with Crippen molar-refractivity contribution < 1.29 is 13.2 Å². The molecule has 0 unspecified atom stereocenters. The zero-order chi connectivity index (χ0) is 17.9. The molecule has 0 amide bonds. The maximum Gasteiger partial charge on any atom is 0.264 e. The monoisotopic (exact) mass is 345 g/mol. The summed E-state index contributed by atoms with van der Waals surface area (Å²) in [7, 11) is -2.13. The molecule has 128 valence electrons. The van der Waals surface area contributed by atoms with Gasteiger partial charge < -0.3 is 4.74 Å². The summed E-state index contributed by atoms with van der Waals surface area (Å²) in [6.07, 6.45) is 1.59. The van der Waals surface area contributed by atoms with Crippen LogP contribution >= 0.6 is 0 Å². The molecule has 2 rings (SSSR count). The predicted octanol–water partition coefficient (Wildman–Crippen LogP) is 4.00. The number of benzene rings is 2. The third kappa shape index (κ3) is 3.46. The van der Waals surface area contributed by atoms with Gasteiger partial charge >= 0.3 is 0 Å². The van der Waals surface area contributed by atoms with E-state index in [1.165, 1.54) is 4.31 Å². The Hall–Kier alpha value is -2.27. The molecule has 2 aromatic rings. The standard InChI is InChI=1S/C19H23NO3S/c1-6-11-20(18-12-14(2)7-8-15(18)3)24(21,22)17-9-10-19(23-5)16(4)13-17/h6-10,12-13H,1,11H2,2-5H3. The van der Waals surface area contributed by atoms with Crippen LogP contribution in [0.25, 0.3) is 0 Å². The number of nitrogens with zero attached hydrogens (tertiary/aromatic N) is 1. The molecule has 2 aromatic carbocycles. The quantitative estimate of drug-likeness (QED) is 0.744. The Morgan fingerprint density at radius 2 is 1.79 bits per heavy atom. The summed E-state index contributed by atoms with van der Waals surface area (Å²) in [4.78, 5) is 0.239. The van der Waals surface area contributed by atoms with Gasteiger partial charge in [-0.15, -0.1) is 6.58 Å². The summed E-state index contributed by atoms with van der Waals surface area (Å²) >= 11 is 0. The van der Waals surface area contributed by atoms with E-state index in [-0.39, 0.29) is 11.4 Å². The van der Waals surface area contributed by atoms with Crippen LogP contribution in [0.4, 0.5) is 5.69 Å². The van der Waals surface area contributed by atoms with Gasteiger partial charge in [0, 0.05) is 0 Å². The van der Waals surface area contributed by atoms with E-state index < -0.39 is 10.0 Å². The number of hydrogen-bond donors (Lipinski definition) is 0. The van der Waals surface area contributed by atoms with Gasteiger partial charge in [-0.2, -0.15) is 0 Å². The van der Waals surface area contributed by atoms with Crippen LogP contribution in [0.5, 0.6) is 5.75 Å². The Balaban J connectivity index is 2.59. The van der Waals surface area contributed by atoms with Crippen molar-refractivity contribution in [2.24, 2.45) is 0 Å². The number of sulfonamides is 1. The summed E-state index contributed by atoms with van der Waals surface area (Å²) < 4.78 is 33.0. The average Bonchev–Trinajstić information content (AvgIpc) is 2.54. The van der Waals surface area contributed by atoms with E-state index in [1.54, 1.807) is 31.4 Å². The molecule has 0 fully saturated rings. The molecule has 0 saturated carbocycles. The van der Waals surface area contributed by atoms with Crippen LogP contribution in [-0.2, 0) is 10.0 Å². The van der Waals surface area contributed by atoms with Gasteiger partial charge in [-0.1, -0.05) is 18.2 Å². The summed E-state index contributed by atoms with van der Waals surface area (Å²) in [6, 6.07) is 10.7. The van der Waals surface area contributed by atoms with Gasteiger partial charge in [-0.25, -0.2) is 8.42 Å². The summed E-state index contributed by atoms with van der Waals surface area (Å²) in [6.45, 7) is 9.58. The van der Waals surface area contributed by atoms with Crippen molar-refractivity contribution in [2.75, 3.05) is 18.0 Å². The number of hydrogen-bond acceptors (Lipinski definition) is 3. The second-order valence-electron chi connectivity index (χ2n) is 5.75. The fourth-order valence-electron chi connectivity index (χ4n) is 2.57. The summed E-state index contributed by atoms with van der Waals surface area (Å²) in [5.41, 5.74) is 3.35. The van der Waals surface area contributed by atoms with E-state index in [2.05, 4.69) is 6.58 Å². The number of anilines is 1. The lowest BCUT2D eigenvalue weighted by atomic mass is 10.1. The molecule has 0 N–H and O–H groups in total. The van der Waals surface area contributed by atoms with Gasteiger partial charge in [0.25, 0.3) is 10.0 Å². The third-order valence-corrected chi connectivity index (χ3v) is 5.66. The number of ether oxygens (including phenoxy) is 1. The molecule has 0 atom stereocenters. The second-order valence-corrected chi connectivity index (χ2v) is 7.61. The molecule has 0 heterocycles. The van der Waals surface area contributed by atoms with Crippen molar-refractivity contribution in [1.29, 1.82) is 0 Å². The lowest BCUT2D eigenvalue weighted by Crippen LogP contribution is -2.32. The van der Waals surface area contributed by atoms with E-state index in [4.69, 9.17) is 4.74 Å². The topological polar surface area (TPSA) is 46.6 Å². The van der Waals surface area contributed by atoms with Crippen molar-refractivity contribution in [3.63, 3.8) is 0 Å². The SMILES string of the molecule is C=CCN(c1cc(C)ccc1C)S(=O)(=O)c1ccc(OC)c(C)c1. The Kier molecular flexibility index (Phi) is 5.34. The minimum absolute atomic E-state index is 0.206. The van der Waals surface area contributed by atoms with Crippen LogP contribution in [0, 0.1) is 20.8 Å². The Morgan fingerprint density at radius 1 is 1.08 bits per heavy atom. The zero-order valence-electron chi connectivity index (χ0n) is 14.5. The van der Waals surface area contributed by atoms with Gasteiger partial charge in [0.1, 0.15) is 5.75 Å². The number of methoxy groups -OCH3 is 1. The smallest absolute Gasteiger partial charge is 0.264 e. The first-order valence-corrected chi connectivity index (χ1v) is 9.10. The minimum Gasteiger partial charge on any atom is -0.496 e. The second kappa shape index (κ2) is 7.09. The van der Waals surface area contributed by atoms with Crippen LogP contribution in [0.3, 0.4) is 0 Å². The van der Waals surface area contributed by atoms with Gasteiger partial charge in [0.05, 0.1) is 24.2 Å². The average molecular weight is 345 g/mol. The Labute approximate surface area is 144 Å². The van der Waals surface area contributed by atoms with E-state index in [0.717, 1.165) is 16.7 Å². The normalized spacial score (nSPS) is 11.2. The molecule has 0 aliphatic rings. The van der Waals surface area contributed by atoms with Crippen LogP contribution in [-0.4, -0.2) is 22.1 Å². The lowest BCUT2D eigenvalue weighted by Gasteiger charge is -2.25. The van der Waals surface area contributed by atoms with Crippen molar-refractivity contribution in [3.8, 4) is 5.75 Å². The highest BCUT2D eigenvalue weighted by molar-refractivity contribution is 7.92. The maximum absolute atomic E-state index is 13.2. The molecule has 0 aliphatic heterocycles. The molecule has 0 saturated heterocycles. The summed E-state index contributed by atoms with van der Waals surface area (Å²) in [5.74, 6) is 0.663. The van der Waals surface area contributed by atoms with E-state index >= 15 is 0 Å². The van der Waals surface area contributed by atoms with Crippen molar-refractivity contribution in [2.45, 2.75) is 25.7 Å². The fraction of sp³-hybridized carbons (Fsp3) is 0.263. The summed E-state index contributed by atoms with van der Waals surface area (Å²) in [5, 5.41) is 0. The molecular formula is C19H23NO3S. The van der Waals surface area contributed by atoms with Gasteiger partial charge in [0.15, 0.2) is 0 Å². The largest absolute Gasteiger partial charge is 0.496 e. The first kappa shape index (κ1) is 18.1. The van der Waals surface area contributed by atoms with Crippen LogP contribution in [0.15, 0.2) is 53.9 Å². The predicted molar refractivity (Wildman–Crippen MR) is 98.4 cm³/mol. The van der Waals surface area contributed by atoms with Gasteiger partial charge in [-0.05, 0) is 61.7 Å². The minimum atomic E-state index is -3.70. The molecule has 0 radical (unpaired) electrons. The molecule has 0 aliphatic carbocycles. The highest BCUT2D eigenvalue weighted by Crippen LogP contribution is 2.29. The van der Waals surface area contributed by atoms with Gasteiger partial charge in [0.2, 0.25) is 0 Å². The third-order valence-electron chi connectivity index (χ3n) is 3.88. The van der Waals surface area contributed by atoms with Crippen molar-refractivity contribution >= 4 is 15.7 Å². The first-order valence-electron chi connectivity index (χ1n) is 7.66. The fourth-order valence-corrected chi connectivity index (χ4v) is 4.15. The maximum atomic E-state index is 13.2. The van der Waals surface area contributed by atoms with Crippen molar-refractivity contribution in [1.82, 2.24) is 0 Å². The first-order chi connectivity index (χ1) is 11.3. The lowest BCUT2D eigenvalue weighted by molar-refractivity contribution is 0.411. The Morgan fingerprint density at radius 3 is 2.38 bits per heavy atom. The Bertz CT molecular complexity index is 857. The molecular weight excluding hydrogens is 322 g/mol. The van der Waals surface area contributed by atoms with E-state index in [1.807, 2.05) is 39.0 Å². The molecule has 0 spiro atoms. The van der Waals surface area contributed by atoms with Gasteiger partial charge in [-0.3, -0.25) is 4.31 Å².